The second kappa shape index (κ2) is 8.80. The summed E-state index contributed by atoms with van der Waals surface area (Å²) in [5.41, 5.74) is 3.38. The number of amides is 1. The molecule has 0 saturated heterocycles. The normalized spacial score (nSPS) is 11.4. The fraction of sp³-hybridized carbons (Fsp3) is 0.174. The Labute approximate surface area is 186 Å². The van der Waals surface area contributed by atoms with Gasteiger partial charge in [-0.05, 0) is 55.0 Å². The number of hydrogen-bond acceptors (Lipinski definition) is 6. The molecule has 2 N–H and O–H groups in total. The number of hydrogen-bond donors (Lipinski definition) is 2. The highest BCUT2D eigenvalue weighted by atomic mass is 32.2. The molecule has 0 spiro atoms. The first-order valence-corrected chi connectivity index (χ1v) is 12.1. The lowest BCUT2D eigenvalue weighted by atomic mass is 10.1. The molecule has 0 aliphatic rings. The van der Waals surface area contributed by atoms with Gasteiger partial charge in [0.25, 0.3) is 5.91 Å². The van der Waals surface area contributed by atoms with Crippen LogP contribution >= 0.6 is 0 Å². The van der Waals surface area contributed by atoms with Gasteiger partial charge in [-0.2, -0.15) is 4.98 Å². The molecule has 0 bridgehead atoms. The van der Waals surface area contributed by atoms with E-state index in [1.54, 1.807) is 47.0 Å². The van der Waals surface area contributed by atoms with Gasteiger partial charge in [-0.25, -0.2) is 12.9 Å². The molecule has 0 aliphatic heterocycles. The van der Waals surface area contributed by atoms with Crippen LogP contribution in [0.2, 0.25) is 0 Å². The number of carbonyl (C=O) groups is 1. The minimum absolute atomic E-state index is 0.106. The van der Waals surface area contributed by atoms with Gasteiger partial charge in [-0.1, -0.05) is 25.1 Å². The van der Waals surface area contributed by atoms with E-state index in [-0.39, 0.29) is 10.8 Å². The third-order valence-electron chi connectivity index (χ3n) is 4.86. The van der Waals surface area contributed by atoms with Crippen LogP contribution in [0.4, 0.5) is 11.6 Å². The van der Waals surface area contributed by atoms with Gasteiger partial charge in [-0.3, -0.25) is 4.79 Å². The van der Waals surface area contributed by atoms with Crippen LogP contribution in [0.1, 0.15) is 23.7 Å². The molecule has 1 amide bonds. The number of benzene rings is 2. The summed E-state index contributed by atoms with van der Waals surface area (Å²) in [5, 5.41) is 10.5. The standard InChI is InChI=1S/C23H23N5O3S/c1-3-14-24-22(29)16-10-12-18(13-11-16)25-23-26-21-9-5-8-20(28(21)27-23)17-6-4-7-19(15-17)32(2,30)31/h4-13,15H,3,14H2,1-2H3,(H,24,29)(H,25,27). The van der Waals surface area contributed by atoms with Crippen LogP contribution in [0.5, 0.6) is 0 Å². The molecule has 0 aliphatic carbocycles. The van der Waals surface area contributed by atoms with E-state index in [0.717, 1.165) is 23.4 Å². The molecule has 0 fully saturated rings. The van der Waals surface area contributed by atoms with Crippen molar-refractivity contribution in [1.29, 1.82) is 0 Å². The Morgan fingerprint density at radius 1 is 1.03 bits per heavy atom. The average Bonchev–Trinajstić information content (AvgIpc) is 3.20. The second-order valence-corrected chi connectivity index (χ2v) is 9.39. The number of rotatable bonds is 7. The second-order valence-electron chi connectivity index (χ2n) is 7.37. The van der Waals surface area contributed by atoms with Gasteiger partial charge in [0.2, 0.25) is 5.95 Å². The van der Waals surface area contributed by atoms with E-state index < -0.39 is 9.84 Å². The molecular weight excluding hydrogens is 426 g/mol. The van der Waals surface area contributed by atoms with E-state index in [2.05, 4.69) is 20.7 Å². The van der Waals surface area contributed by atoms with Gasteiger partial charge < -0.3 is 10.6 Å². The van der Waals surface area contributed by atoms with Gasteiger partial charge in [0.05, 0.1) is 10.6 Å². The molecule has 9 heteroatoms. The van der Waals surface area contributed by atoms with Crippen molar-refractivity contribution in [3.8, 4) is 11.3 Å². The van der Waals surface area contributed by atoms with Crippen molar-refractivity contribution in [1.82, 2.24) is 19.9 Å². The molecule has 0 atom stereocenters. The van der Waals surface area contributed by atoms with Crippen LogP contribution in [0.25, 0.3) is 16.9 Å². The van der Waals surface area contributed by atoms with Crippen molar-refractivity contribution in [2.24, 2.45) is 0 Å². The summed E-state index contributed by atoms with van der Waals surface area (Å²) in [5.74, 6) is 0.283. The molecule has 4 rings (SSSR count). The molecule has 8 nitrogen and oxygen atoms in total. The Kier molecular flexibility index (Phi) is 5.91. The van der Waals surface area contributed by atoms with E-state index in [1.807, 2.05) is 31.2 Å². The van der Waals surface area contributed by atoms with Crippen LogP contribution in [0.3, 0.4) is 0 Å². The molecule has 0 radical (unpaired) electrons. The SMILES string of the molecule is CCCNC(=O)c1ccc(Nc2nc3cccc(-c4cccc(S(C)(=O)=O)c4)n3n2)cc1. The maximum absolute atomic E-state index is 12.1. The summed E-state index contributed by atoms with van der Waals surface area (Å²) in [4.78, 5) is 16.8. The summed E-state index contributed by atoms with van der Waals surface area (Å²) < 4.78 is 25.5. The Balaban J connectivity index is 1.61. The number of aromatic nitrogens is 3. The van der Waals surface area contributed by atoms with Crippen LogP contribution in [0.15, 0.2) is 71.6 Å². The highest BCUT2D eigenvalue weighted by molar-refractivity contribution is 7.90. The van der Waals surface area contributed by atoms with Crippen LogP contribution in [-0.4, -0.2) is 41.7 Å². The zero-order valence-electron chi connectivity index (χ0n) is 17.7. The van der Waals surface area contributed by atoms with Crippen molar-refractivity contribution in [2.45, 2.75) is 18.2 Å². The van der Waals surface area contributed by atoms with E-state index >= 15 is 0 Å². The van der Waals surface area contributed by atoms with Crippen molar-refractivity contribution >= 4 is 33.0 Å². The molecule has 164 valence electrons. The maximum Gasteiger partial charge on any atom is 0.251 e. The lowest BCUT2D eigenvalue weighted by Gasteiger charge is -2.06. The molecule has 0 saturated carbocycles. The predicted octanol–water partition coefficient (Wildman–Crippen LogP) is 3.68. The summed E-state index contributed by atoms with van der Waals surface area (Å²) in [6, 6.07) is 19.3. The van der Waals surface area contributed by atoms with E-state index in [4.69, 9.17) is 0 Å². The van der Waals surface area contributed by atoms with Crippen molar-refractivity contribution in [3.63, 3.8) is 0 Å². The van der Waals surface area contributed by atoms with Crippen molar-refractivity contribution in [2.75, 3.05) is 18.1 Å². The summed E-state index contributed by atoms with van der Waals surface area (Å²) >= 11 is 0. The van der Waals surface area contributed by atoms with E-state index in [1.165, 1.54) is 6.26 Å². The predicted molar refractivity (Wildman–Crippen MR) is 124 cm³/mol. The fourth-order valence-corrected chi connectivity index (χ4v) is 3.90. The first-order chi connectivity index (χ1) is 15.3. The average molecular weight is 450 g/mol. The van der Waals surface area contributed by atoms with Crippen molar-refractivity contribution in [3.05, 3.63) is 72.3 Å². The maximum atomic E-state index is 12.1. The number of carbonyl (C=O) groups excluding carboxylic acids is 1. The van der Waals surface area contributed by atoms with Crippen LogP contribution in [-0.2, 0) is 9.84 Å². The van der Waals surface area contributed by atoms with Gasteiger partial charge in [0.15, 0.2) is 15.5 Å². The number of pyridine rings is 1. The van der Waals surface area contributed by atoms with E-state index in [0.29, 0.717) is 23.7 Å². The fourth-order valence-electron chi connectivity index (χ4n) is 3.24. The van der Waals surface area contributed by atoms with Crippen LogP contribution in [0, 0.1) is 0 Å². The molecule has 2 aromatic heterocycles. The molecule has 2 aromatic carbocycles. The summed E-state index contributed by atoms with van der Waals surface area (Å²) in [7, 11) is -3.32. The number of nitrogens with one attached hydrogen (secondary N) is 2. The first-order valence-electron chi connectivity index (χ1n) is 10.2. The lowest BCUT2D eigenvalue weighted by Crippen LogP contribution is -2.23. The summed E-state index contributed by atoms with van der Waals surface area (Å²) in [6.45, 7) is 2.64. The number of sulfone groups is 1. The zero-order valence-corrected chi connectivity index (χ0v) is 18.6. The minimum Gasteiger partial charge on any atom is -0.352 e. The Hall–Kier alpha value is -3.72. The molecule has 2 heterocycles. The topological polar surface area (TPSA) is 105 Å². The number of fused-ring (bicyclic) bond motifs is 1. The smallest absolute Gasteiger partial charge is 0.251 e. The minimum atomic E-state index is -3.32. The zero-order chi connectivity index (χ0) is 22.7. The molecule has 32 heavy (non-hydrogen) atoms. The largest absolute Gasteiger partial charge is 0.352 e. The van der Waals surface area contributed by atoms with Gasteiger partial charge in [-0.15, -0.1) is 5.10 Å². The van der Waals surface area contributed by atoms with Gasteiger partial charge >= 0.3 is 0 Å². The first kappa shape index (κ1) is 21.5. The highest BCUT2D eigenvalue weighted by Crippen LogP contribution is 2.24. The molecular formula is C23H23N5O3S. The molecule has 4 aromatic rings. The van der Waals surface area contributed by atoms with Crippen molar-refractivity contribution < 1.29 is 13.2 Å². The van der Waals surface area contributed by atoms with E-state index in [9.17, 15) is 13.2 Å². The monoisotopic (exact) mass is 449 g/mol. The number of anilines is 2. The quantitative estimate of drug-likeness (QED) is 0.446. The van der Waals surface area contributed by atoms with Gasteiger partial charge in [0, 0.05) is 29.6 Å². The Bertz CT molecular complexity index is 1380. The third-order valence-corrected chi connectivity index (χ3v) is 5.97. The van der Waals surface area contributed by atoms with Crippen LogP contribution < -0.4 is 10.6 Å². The number of nitrogens with zero attached hydrogens (tertiary/aromatic N) is 3. The third kappa shape index (κ3) is 4.62. The highest BCUT2D eigenvalue weighted by Gasteiger charge is 2.13. The Morgan fingerprint density at radius 3 is 2.50 bits per heavy atom. The summed E-state index contributed by atoms with van der Waals surface area (Å²) in [6.07, 6.45) is 2.06. The van der Waals surface area contributed by atoms with Gasteiger partial charge in [0.1, 0.15) is 0 Å². The molecule has 0 unspecified atom stereocenters. The lowest BCUT2D eigenvalue weighted by molar-refractivity contribution is 0.0953. The Morgan fingerprint density at radius 2 is 1.78 bits per heavy atom.